The Bertz CT molecular complexity index is 569. The summed E-state index contributed by atoms with van der Waals surface area (Å²) >= 11 is 7.54. The van der Waals surface area contributed by atoms with Gasteiger partial charge in [0.15, 0.2) is 0 Å². The molecule has 0 spiro atoms. The smallest absolute Gasteiger partial charge is 0.337 e. The first-order valence-corrected chi connectivity index (χ1v) is 7.20. The van der Waals surface area contributed by atoms with E-state index >= 15 is 0 Å². The van der Waals surface area contributed by atoms with Gasteiger partial charge in [-0.05, 0) is 36.1 Å². The van der Waals surface area contributed by atoms with E-state index in [9.17, 15) is 4.79 Å². The summed E-state index contributed by atoms with van der Waals surface area (Å²) in [4.78, 5) is 12.3. The number of nitrogens with one attached hydrogen (secondary N) is 1. The first-order valence-electron chi connectivity index (χ1n) is 5.94. The highest BCUT2D eigenvalue weighted by Gasteiger charge is 2.13. The van der Waals surface area contributed by atoms with Gasteiger partial charge < -0.3 is 10.4 Å². The van der Waals surface area contributed by atoms with E-state index in [4.69, 9.17) is 16.7 Å². The van der Waals surface area contributed by atoms with Crippen LogP contribution in [0.15, 0.2) is 35.7 Å². The van der Waals surface area contributed by atoms with E-state index in [0.29, 0.717) is 0 Å². The van der Waals surface area contributed by atoms with Crippen molar-refractivity contribution >= 4 is 34.6 Å². The molecule has 1 aromatic heterocycles. The van der Waals surface area contributed by atoms with Crippen molar-refractivity contribution < 1.29 is 9.90 Å². The number of benzene rings is 1. The molecule has 0 saturated heterocycles. The van der Waals surface area contributed by atoms with Crippen molar-refractivity contribution in [3.05, 3.63) is 51.2 Å². The number of rotatable bonds is 5. The monoisotopic (exact) mass is 295 g/mol. The van der Waals surface area contributed by atoms with Gasteiger partial charge >= 0.3 is 5.97 Å². The highest BCUT2D eigenvalue weighted by molar-refractivity contribution is 7.10. The second-order valence-corrected chi connectivity index (χ2v) is 5.51. The van der Waals surface area contributed by atoms with E-state index < -0.39 is 5.97 Å². The number of carbonyl (C=O) groups is 1. The number of aromatic carboxylic acids is 1. The average Bonchev–Trinajstić information content (AvgIpc) is 2.91. The van der Waals surface area contributed by atoms with E-state index in [1.54, 1.807) is 29.5 Å². The van der Waals surface area contributed by atoms with Crippen LogP contribution in [0.3, 0.4) is 0 Å². The minimum Gasteiger partial charge on any atom is -0.478 e. The standard InChI is InChI=1S/C14H14ClNO2S/c1-2-12(13-4-3-7-19-13)16-9-5-6-11(15)10(8-9)14(17)18/h3-8,12,16H,2H2,1H3,(H,17,18). The summed E-state index contributed by atoms with van der Waals surface area (Å²) in [6.45, 7) is 2.09. The maximum absolute atomic E-state index is 11.0. The summed E-state index contributed by atoms with van der Waals surface area (Å²) in [6.07, 6.45) is 0.922. The molecule has 2 aromatic rings. The third-order valence-corrected chi connectivity index (χ3v) is 4.15. The van der Waals surface area contributed by atoms with Gasteiger partial charge in [0.2, 0.25) is 0 Å². The molecule has 0 fully saturated rings. The Morgan fingerprint density at radius 3 is 2.84 bits per heavy atom. The molecule has 0 amide bonds. The van der Waals surface area contributed by atoms with Gasteiger partial charge in [-0.25, -0.2) is 4.79 Å². The van der Waals surface area contributed by atoms with Crippen molar-refractivity contribution in [1.82, 2.24) is 0 Å². The fraction of sp³-hybridized carbons (Fsp3) is 0.214. The highest BCUT2D eigenvalue weighted by Crippen LogP contribution is 2.28. The highest BCUT2D eigenvalue weighted by atomic mass is 35.5. The minimum atomic E-state index is -1.02. The molecule has 0 bridgehead atoms. The Labute approximate surface area is 120 Å². The lowest BCUT2D eigenvalue weighted by atomic mass is 10.1. The molecular formula is C14H14ClNO2S. The van der Waals surface area contributed by atoms with Gasteiger partial charge in [0.25, 0.3) is 0 Å². The van der Waals surface area contributed by atoms with E-state index in [2.05, 4.69) is 18.3 Å². The van der Waals surface area contributed by atoms with Crippen LogP contribution in [0.2, 0.25) is 5.02 Å². The van der Waals surface area contributed by atoms with Crippen LogP contribution >= 0.6 is 22.9 Å². The molecule has 0 aliphatic rings. The number of hydrogen-bond donors (Lipinski definition) is 2. The topological polar surface area (TPSA) is 49.3 Å². The second kappa shape index (κ2) is 6.08. The summed E-state index contributed by atoms with van der Waals surface area (Å²) in [5.74, 6) is -1.02. The van der Waals surface area contributed by atoms with E-state index in [1.807, 2.05) is 11.4 Å². The molecule has 2 rings (SSSR count). The Balaban J connectivity index is 2.23. The molecule has 1 atom stereocenters. The number of carboxylic acids is 1. The molecular weight excluding hydrogens is 282 g/mol. The number of anilines is 1. The van der Waals surface area contributed by atoms with Gasteiger partial charge in [0.1, 0.15) is 0 Å². The first kappa shape index (κ1) is 13.9. The molecule has 3 nitrogen and oxygen atoms in total. The van der Waals surface area contributed by atoms with Crippen molar-refractivity contribution in [3.63, 3.8) is 0 Å². The van der Waals surface area contributed by atoms with Crippen molar-refractivity contribution in [3.8, 4) is 0 Å². The molecule has 5 heteroatoms. The van der Waals surface area contributed by atoms with Gasteiger partial charge in [-0.2, -0.15) is 0 Å². The molecule has 1 unspecified atom stereocenters. The third kappa shape index (κ3) is 3.28. The summed E-state index contributed by atoms with van der Waals surface area (Å²) in [6, 6.07) is 9.23. The zero-order valence-corrected chi connectivity index (χ0v) is 12.0. The summed E-state index contributed by atoms with van der Waals surface area (Å²) < 4.78 is 0. The van der Waals surface area contributed by atoms with Gasteiger partial charge in [-0.1, -0.05) is 24.6 Å². The Morgan fingerprint density at radius 2 is 2.26 bits per heavy atom. The third-order valence-electron chi connectivity index (χ3n) is 2.83. The zero-order chi connectivity index (χ0) is 13.8. The molecule has 0 aliphatic heterocycles. The number of hydrogen-bond acceptors (Lipinski definition) is 3. The van der Waals surface area contributed by atoms with Gasteiger partial charge in [-0.3, -0.25) is 0 Å². The summed E-state index contributed by atoms with van der Waals surface area (Å²) in [5, 5.41) is 14.7. The SMILES string of the molecule is CCC(Nc1ccc(Cl)c(C(=O)O)c1)c1cccs1. The van der Waals surface area contributed by atoms with Crippen molar-refractivity contribution in [2.24, 2.45) is 0 Å². The second-order valence-electron chi connectivity index (χ2n) is 4.12. The fourth-order valence-electron chi connectivity index (χ4n) is 1.84. The molecule has 1 aromatic carbocycles. The van der Waals surface area contributed by atoms with Crippen LogP contribution in [0.25, 0.3) is 0 Å². The number of halogens is 1. The van der Waals surface area contributed by atoms with Crippen LogP contribution < -0.4 is 5.32 Å². The molecule has 0 aliphatic carbocycles. The van der Waals surface area contributed by atoms with Crippen LogP contribution in [-0.4, -0.2) is 11.1 Å². The number of carboxylic acid groups (broad SMARTS) is 1. The van der Waals surface area contributed by atoms with Gasteiger partial charge in [0.05, 0.1) is 16.6 Å². The first-order chi connectivity index (χ1) is 9.11. The zero-order valence-electron chi connectivity index (χ0n) is 10.4. The lowest BCUT2D eigenvalue weighted by Crippen LogP contribution is -2.09. The van der Waals surface area contributed by atoms with Crippen LogP contribution in [0.1, 0.15) is 34.6 Å². The minimum absolute atomic E-state index is 0.118. The van der Waals surface area contributed by atoms with Crippen molar-refractivity contribution in [2.75, 3.05) is 5.32 Å². The van der Waals surface area contributed by atoms with Crippen LogP contribution in [0.4, 0.5) is 5.69 Å². The average molecular weight is 296 g/mol. The molecule has 1 heterocycles. The Morgan fingerprint density at radius 1 is 1.47 bits per heavy atom. The maximum Gasteiger partial charge on any atom is 0.337 e. The molecule has 2 N–H and O–H groups in total. The Hall–Kier alpha value is -1.52. The van der Waals surface area contributed by atoms with Crippen molar-refractivity contribution in [1.29, 1.82) is 0 Å². The molecule has 0 saturated carbocycles. The largest absolute Gasteiger partial charge is 0.478 e. The maximum atomic E-state index is 11.0. The summed E-state index contributed by atoms with van der Waals surface area (Å²) in [5.41, 5.74) is 0.884. The van der Waals surface area contributed by atoms with Crippen LogP contribution in [-0.2, 0) is 0 Å². The summed E-state index contributed by atoms with van der Waals surface area (Å²) in [7, 11) is 0. The van der Waals surface area contributed by atoms with Crippen molar-refractivity contribution in [2.45, 2.75) is 19.4 Å². The van der Waals surface area contributed by atoms with Gasteiger partial charge in [-0.15, -0.1) is 11.3 Å². The molecule has 19 heavy (non-hydrogen) atoms. The van der Waals surface area contributed by atoms with Gasteiger partial charge in [0, 0.05) is 10.6 Å². The molecule has 0 radical (unpaired) electrons. The molecule has 100 valence electrons. The van der Waals surface area contributed by atoms with E-state index in [1.165, 1.54) is 4.88 Å². The quantitative estimate of drug-likeness (QED) is 0.843. The van der Waals surface area contributed by atoms with E-state index in [0.717, 1.165) is 12.1 Å². The van der Waals surface area contributed by atoms with Crippen LogP contribution in [0.5, 0.6) is 0 Å². The lowest BCUT2D eigenvalue weighted by Gasteiger charge is -2.17. The normalized spacial score (nSPS) is 12.1. The fourth-order valence-corrected chi connectivity index (χ4v) is 2.90. The van der Waals surface area contributed by atoms with Crippen LogP contribution in [0, 0.1) is 0 Å². The number of thiophene rings is 1. The Kier molecular flexibility index (Phi) is 4.45. The predicted octanol–water partition coefficient (Wildman–Crippen LogP) is 4.66. The predicted molar refractivity (Wildman–Crippen MR) is 79.4 cm³/mol. The van der Waals surface area contributed by atoms with E-state index in [-0.39, 0.29) is 16.6 Å². The lowest BCUT2D eigenvalue weighted by molar-refractivity contribution is 0.0697.